The molecule has 0 aromatic heterocycles. The summed E-state index contributed by atoms with van der Waals surface area (Å²) in [6.07, 6.45) is 0.349. The zero-order valence-corrected chi connectivity index (χ0v) is 9.94. The standard InChI is InChI=1S/C12H15ClO3.K.H/c1-2-12(14)16-9-11(13)15-8-10-6-4-3-5-7-10;;/h3-7,11H,2,8-9H2,1H3;;. The van der Waals surface area contributed by atoms with Gasteiger partial charge in [-0.1, -0.05) is 48.9 Å². The Balaban J connectivity index is 0.00000256. The fraction of sp³-hybridized carbons (Fsp3) is 0.417. The maximum absolute atomic E-state index is 10.9. The van der Waals surface area contributed by atoms with E-state index >= 15 is 0 Å². The van der Waals surface area contributed by atoms with E-state index in [2.05, 4.69) is 0 Å². The van der Waals surface area contributed by atoms with Crippen molar-refractivity contribution in [1.29, 1.82) is 0 Å². The number of hydrogen-bond donors (Lipinski definition) is 0. The summed E-state index contributed by atoms with van der Waals surface area (Å²) in [5.41, 5.74) is 0.436. The minimum absolute atomic E-state index is 0. The van der Waals surface area contributed by atoms with E-state index in [9.17, 15) is 4.79 Å². The molecule has 0 saturated carbocycles. The molecule has 0 aliphatic carbocycles. The van der Waals surface area contributed by atoms with Crippen LogP contribution in [0.5, 0.6) is 0 Å². The Bertz CT molecular complexity index is 319. The molecule has 0 fully saturated rings. The molecule has 0 spiro atoms. The maximum atomic E-state index is 10.9. The van der Waals surface area contributed by atoms with Crippen molar-refractivity contribution in [2.45, 2.75) is 25.5 Å². The van der Waals surface area contributed by atoms with Crippen LogP contribution >= 0.6 is 11.6 Å². The topological polar surface area (TPSA) is 35.5 Å². The third-order valence-corrected chi connectivity index (χ3v) is 2.19. The van der Waals surface area contributed by atoms with Gasteiger partial charge >= 0.3 is 57.4 Å². The van der Waals surface area contributed by atoms with Crippen LogP contribution in [0.3, 0.4) is 0 Å². The van der Waals surface area contributed by atoms with Crippen LogP contribution in [0.2, 0.25) is 0 Å². The molecule has 1 aromatic rings. The van der Waals surface area contributed by atoms with E-state index in [-0.39, 0.29) is 64.0 Å². The first-order valence-electron chi connectivity index (χ1n) is 5.17. The molecule has 17 heavy (non-hydrogen) atoms. The van der Waals surface area contributed by atoms with Gasteiger partial charge in [-0.15, -0.1) is 0 Å². The summed E-state index contributed by atoms with van der Waals surface area (Å²) in [4.78, 5) is 10.9. The van der Waals surface area contributed by atoms with Crippen molar-refractivity contribution in [2.75, 3.05) is 6.61 Å². The summed E-state index contributed by atoms with van der Waals surface area (Å²) in [6, 6.07) is 9.69. The monoisotopic (exact) mass is 282 g/mol. The van der Waals surface area contributed by atoms with Crippen molar-refractivity contribution < 1.29 is 14.3 Å². The molecule has 0 aliphatic rings. The second-order valence-electron chi connectivity index (χ2n) is 3.24. The number of carbonyl (C=O) groups is 1. The molecule has 0 amide bonds. The summed E-state index contributed by atoms with van der Waals surface area (Å²) in [5.74, 6) is -0.269. The molecule has 0 bridgehead atoms. The molecule has 0 N–H and O–H groups in total. The molecule has 0 heterocycles. The van der Waals surface area contributed by atoms with Gasteiger partial charge in [-0.3, -0.25) is 4.79 Å². The van der Waals surface area contributed by atoms with Gasteiger partial charge in [0.15, 0.2) is 5.56 Å². The van der Waals surface area contributed by atoms with E-state index in [0.717, 1.165) is 5.56 Å². The van der Waals surface area contributed by atoms with Gasteiger partial charge in [0.25, 0.3) is 0 Å². The first-order valence-corrected chi connectivity index (χ1v) is 5.61. The SMILES string of the molecule is CCC(=O)OCC(Cl)OCc1ccccc1.[KH]. The predicted molar refractivity (Wildman–Crippen MR) is 69.3 cm³/mol. The Hall–Kier alpha value is 0.576. The first kappa shape index (κ1) is 17.6. The predicted octanol–water partition coefficient (Wildman–Crippen LogP) is 2.07. The Labute approximate surface area is 149 Å². The Kier molecular flexibility index (Phi) is 10.9. The zero-order valence-electron chi connectivity index (χ0n) is 9.19. The summed E-state index contributed by atoms with van der Waals surface area (Å²) in [5, 5.41) is 0. The van der Waals surface area contributed by atoms with Gasteiger partial charge in [-0.25, -0.2) is 0 Å². The van der Waals surface area contributed by atoms with E-state index < -0.39 is 5.56 Å². The van der Waals surface area contributed by atoms with Gasteiger partial charge in [0, 0.05) is 6.42 Å². The number of rotatable bonds is 6. The van der Waals surface area contributed by atoms with Gasteiger partial charge in [0.2, 0.25) is 0 Å². The number of halogens is 1. The van der Waals surface area contributed by atoms with E-state index in [0.29, 0.717) is 13.0 Å². The van der Waals surface area contributed by atoms with Crippen LogP contribution in [0.4, 0.5) is 0 Å². The number of carbonyl (C=O) groups excluding carboxylic acids is 1. The van der Waals surface area contributed by atoms with Gasteiger partial charge < -0.3 is 9.47 Å². The van der Waals surface area contributed by atoms with Crippen LogP contribution in [0.1, 0.15) is 18.9 Å². The molecule has 3 nitrogen and oxygen atoms in total. The minimum atomic E-state index is -0.601. The van der Waals surface area contributed by atoms with Crippen LogP contribution in [0.15, 0.2) is 30.3 Å². The Morgan fingerprint density at radius 3 is 2.59 bits per heavy atom. The fourth-order valence-electron chi connectivity index (χ4n) is 1.07. The molecule has 0 saturated heterocycles. The second-order valence-corrected chi connectivity index (χ2v) is 3.73. The average Bonchev–Trinajstić information content (AvgIpc) is 2.34. The quantitative estimate of drug-likeness (QED) is 0.455. The average molecular weight is 283 g/mol. The number of alkyl halides is 1. The van der Waals surface area contributed by atoms with Crippen LogP contribution in [-0.2, 0) is 20.9 Å². The normalized spacial score (nSPS) is 11.4. The third-order valence-electron chi connectivity index (χ3n) is 1.94. The van der Waals surface area contributed by atoms with Crippen LogP contribution in [0, 0.1) is 0 Å². The van der Waals surface area contributed by atoms with E-state index in [1.807, 2.05) is 30.3 Å². The van der Waals surface area contributed by atoms with Crippen LogP contribution in [-0.4, -0.2) is 69.5 Å². The molecule has 0 aliphatic heterocycles. The molecular weight excluding hydrogens is 267 g/mol. The molecule has 0 radical (unpaired) electrons. The summed E-state index contributed by atoms with van der Waals surface area (Å²) < 4.78 is 10.2. The number of ether oxygens (including phenoxy) is 2. The van der Waals surface area contributed by atoms with Crippen LogP contribution < -0.4 is 0 Å². The molecular formula is C12H16ClKO3. The molecule has 1 atom stereocenters. The molecule has 1 aromatic carbocycles. The van der Waals surface area contributed by atoms with Gasteiger partial charge in [-0.05, 0) is 5.56 Å². The fourth-order valence-corrected chi connectivity index (χ4v) is 1.20. The van der Waals surface area contributed by atoms with Crippen molar-refractivity contribution in [3.05, 3.63) is 35.9 Å². The molecule has 90 valence electrons. The molecule has 5 heteroatoms. The van der Waals surface area contributed by atoms with Gasteiger partial charge in [-0.2, -0.15) is 0 Å². The summed E-state index contributed by atoms with van der Waals surface area (Å²) in [7, 11) is 0. The Morgan fingerprint density at radius 1 is 1.35 bits per heavy atom. The van der Waals surface area contributed by atoms with Gasteiger partial charge in [0.05, 0.1) is 6.61 Å². The third kappa shape index (κ3) is 8.32. The van der Waals surface area contributed by atoms with E-state index in [1.54, 1.807) is 6.92 Å². The van der Waals surface area contributed by atoms with Crippen molar-refractivity contribution in [3.8, 4) is 0 Å². The van der Waals surface area contributed by atoms with Crippen molar-refractivity contribution in [3.63, 3.8) is 0 Å². The van der Waals surface area contributed by atoms with E-state index in [1.165, 1.54) is 0 Å². The van der Waals surface area contributed by atoms with Gasteiger partial charge in [0.1, 0.15) is 6.61 Å². The summed E-state index contributed by atoms with van der Waals surface area (Å²) >= 11 is 5.83. The Morgan fingerprint density at radius 2 is 2.00 bits per heavy atom. The number of benzene rings is 1. The van der Waals surface area contributed by atoms with Crippen LogP contribution in [0.25, 0.3) is 0 Å². The summed E-state index contributed by atoms with van der Waals surface area (Å²) in [6.45, 7) is 2.23. The zero-order chi connectivity index (χ0) is 11.8. The first-order chi connectivity index (χ1) is 7.72. The van der Waals surface area contributed by atoms with Crippen molar-refractivity contribution in [1.82, 2.24) is 0 Å². The molecule has 1 unspecified atom stereocenters. The second kappa shape index (κ2) is 10.5. The van der Waals surface area contributed by atoms with Crippen molar-refractivity contribution >= 4 is 69.0 Å². The van der Waals surface area contributed by atoms with E-state index in [4.69, 9.17) is 21.1 Å². The molecule has 1 rings (SSSR count). The van der Waals surface area contributed by atoms with Crippen molar-refractivity contribution in [2.24, 2.45) is 0 Å². The number of esters is 1. The number of hydrogen-bond acceptors (Lipinski definition) is 3.